The lowest BCUT2D eigenvalue weighted by atomic mass is 10.1. The molecule has 1 aromatic rings. The third-order valence-electron chi connectivity index (χ3n) is 3.24. The maximum Gasteiger partial charge on any atom is 0.0836 e. The average molecular weight is 204 g/mol. The molecule has 0 amide bonds. The molecule has 3 rings (SSSR count). The molecule has 1 saturated heterocycles. The molecule has 0 radical (unpaired) electrons. The van der Waals surface area contributed by atoms with Gasteiger partial charge in [0.2, 0.25) is 0 Å². The average Bonchev–Trinajstić information content (AvgIpc) is 2.74. The Balaban J connectivity index is 1.72. The van der Waals surface area contributed by atoms with Crippen molar-refractivity contribution in [3.8, 4) is 0 Å². The van der Waals surface area contributed by atoms with Crippen LogP contribution in [0.3, 0.4) is 0 Å². The summed E-state index contributed by atoms with van der Waals surface area (Å²) in [6.07, 6.45) is 1.60. The highest BCUT2D eigenvalue weighted by Gasteiger charge is 2.26. The molecule has 1 aromatic carbocycles. The predicted molar refractivity (Wildman–Crippen MR) is 59.9 cm³/mol. The predicted octanol–water partition coefficient (Wildman–Crippen LogP) is 1.31. The number of nitrogens with zero attached hydrogens (tertiary/aromatic N) is 1. The van der Waals surface area contributed by atoms with Crippen LogP contribution in [-0.2, 0) is 11.2 Å². The number of para-hydroxylation sites is 1. The molecule has 2 heterocycles. The van der Waals surface area contributed by atoms with E-state index in [-0.39, 0.29) is 0 Å². The van der Waals surface area contributed by atoms with E-state index in [2.05, 4.69) is 34.5 Å². The molecule has 1 unspecified atom stereocenters. The topological polar surface area (TPSA) is 24.5 Å². The zero-order valence-corrected chi connectivity index (χ0v) is 8.78. The molecule has 0 aliphatic carbocycles. The first-order valence-electron chi connectivity index (χ1n) is 5.60. The van der Waals surface area contributed by atoms with Crippen LogP contribution in [0, 0.1) is 0 Å². The molecule has 0 bridgehead atoms. The van der Waals surface area contributed by atoms with Crippen molar-refractivity contribution in [2.45, 2.75) is 12.6 Å². The van der Waals surface area contributed by atoms with Gasteiger partial charge in [0.25, 0.3) is 0 Å². The first kappa shape index (κ1) is 9.19. The van der Waals surface area contributed by atoms with Crippen molar-refractivity contribution >= 4 is 5.69 Å². The molecular weight excluding hydrogens is 188 g/mol. The molecule has 2 aliphatic rings. The smallest absolute Gasteiger partial charge is 0.0836 e. The highest BCUT2D eigenvalue weighted by molar-refractivity contribution is 5.56. The molecule has 0 saturated carbocycles. The van der Waals surface area contributed by atoms with Crippen molar-refractivity contribution in [1.82, 2.24) is 4.90 Å². The van der Waals surface area contributed by atoms with E-state index in [0.717, 1.165) is 32.7 Å². The Kier molecular flexibility index (Phi) is 2.35. The molecule has 1 fully saturated rings. The summed E-state index contributed by atoms with van der Waals surface area (Å²) in [4.78, 5) is 2.48. The Morgan fingerprint density at radius 3 is 2.80 bits per heavy atom. The summed E-state index contributed by atoms with van der Waals surface area (Å²) in [5, 5.41) is 3.57. The molecule has 15 heavy (non-hydrogen) atoms. The highest BCUT2D eigenvalue weighted by atomic mass is 16.5. The van der Waals surface area contributed by atoms with Crippen LogP contribution in [0.5, 0.6) is 0 Å². The first-order valence-corrected chi connectivity index (χ1v) is 5.60. The van der Waals surface area contributed by atoms with E-state index in [1.807, 2.05) is 0 Å². The number of benzene rings is 1. The lowest BCUT2D eigenvalue weighted by Crippen LogP contribution is -2.46. The maximum absolute atomic E-state index is 5.37. The van der Waals surface area contributed by atoms with Crippen LogP contribution in [0.4, 0.5) is 5.69 Å². The molecule has 1 N–H and O–H groups in total. The van der Waals surface area contributed by atoms with Crippen molar-refractivity contribution in [2.75, 3.05) is 31.6 Å². The van der Waals surface area contributed by atoms with Crippen molar-refractivity contribution in [3.05, 3.63) is 29.8 Å². The maximum atomic E-state index is 5.37. The van der Waals surface area contributed by atoms with Crippen molar-refractivity contribution < 1.29 is 4.74 Å². The van der Waals surface area contributed by atoms with Gasteiger partial charge in [-0.2, -0.15) is 0 Å². The fraction of sp³-hybridized carbons (Fsp3) is 0.500. The third-order valence-corrected chi connectivity index (χ3v) is 3.24. The molecule has 0 spiro atoms. The lowest BCUT2D eigenvalue weighted by Gasteiger charge is -2.32. The Labute approximate surface area is 90.0 Å². The molecule has 2 aliphatic heterocycles. The van der Waals surface area contributed by atoms with Crippen LogP contribution < -0.4 is 5.32 Å². The number of fused-ring (bicyclic) bond motifs is 1. The van der Waals surface area contributed by atoms with Gasteiger partial charge >= 0.3 is 0 Å². The largest absolute Gasteiger partial charge is 0.379 e. The van der Waals surface area contributed by atoms with Gasteiger partial charge in [-0.15, -0.1) is 0 Å². The zero-order chi connectivity index (χ0) is 10.1. The fourth-order valence-corrected chi connectivity index (χ4v) is 2.39. The van der Waals surface area contributed by atoms with Gasteiger partial charge in [0.15, 0.2) is 0 Å². The summed E-state index contributed by atoms with van der Waals surface area (Å²) in [7, 11) is 0. The minimum absolute atomic E-state index is 0.478. The van der Waals surface area contributed by atoms with E-state index >= 15 is 0 Å². The number of nitrogens with one attached hydrogen (secondary N) is 1. The lowest BCUT2D eigenvalue weighted by molar-refractivity contribution is 0.0234. The molecular formula is C12H16N2O. The van der Waals surface area contributed by atoms with Gasteiger partial charge < -0.3 is 10.1 Å². The molecule has 80 valence electrons. The van der Waals surface area contributed by atoms with Crippen molar-refractivity contribution in [3.63, 3.8) is 0 Å². The second kappa shape index (κ2) is 3.83. The fourth-order valence-electron chi connectivity index (χ4n) is 2.39. The summed E-state index contributed by atoms with van der Waals surface area (Å²) in [6, 6.07) is 8.58. The molecule has 3 nitrogen and oxygen atoms in total. The van der Waals surface area contributed by atoms with Gasteiger partial charge in [0, 0.05) is 25.2 Å². The van der Waals surface area contributed by atoms with Gasteiger partial charge in [0.05, 0.1) is 19.4 Å². The van der Waals surface area contributed by atoms with Crippen LogP contribution >= 0.6 is 0 Å². The Morgan fingerprint density at radius 1 is 1.20 bits per heavy atom. The monoisotopic (exact) mass is 204 g/mol. The third kappa shape index (κ3) is 1.73. The summed E-state index contributed by atoms with van der Waals surface area (Å²) >= 11 is 0. The Bertz CT molecular complexity index is 322. The molecule has 0 aromatic heterocycles. The van der Waals surface area contributed by atoms with Gasteiger partial charge in [-0.3, -0.25) is 4.90 Å². The van der Waals surface area contributed by atoms with Crippen LogP contribution in [0.1, 0.15) is 5.56 Å². The summed E-state index contributed by atoms with van der Waals surface area (Å²) in [6.45, 7) is 3.83. The van der Waals surface area contributed by atoms with Gasteiger partial charge in [-0.1, -0.05) is 18.2 Å². The van der Waals surface area contributed by atoms with Gasteiger partial charge in [-0.25, -0.2) is 0 Å². The van der Waals surface area contributed by atoms with Crippen LogP contribution in [0.25, 0.3) is 0 Å². The molecule has 3 heteroatoms. The van der Waals surface area contributed by atoms with E-state index in [0.29, 0.717) is 6.17 Å². The van der Waals surface area contributed by atoms with E-state index in [1.54, 1.807) is 0 Å². The quantitative estimate of drug-likeness (QED) is 0.746. The van der Waals surface area contributed by atoms with E-state index in [4.69, 9.17) is 4.74 Å². The number of rotatable bonds is 1. The van der Waals surface area contributed by atoms with Crippen LogP contribution in [0.15, 0.2) is 24.3 Å². The summed E-state index contributed by atoms with van der Waals surface area (Å²) in [5.74, 6) is 0. The standard InChI is InChI=1S/C12H16N2O/c1-2-4-11-10(3-1)9-12(13-11)14-5-7-15-8-6-14/h1-4,12-13H,5-9H2. The normalized spacial score (nSPS) is 26.0. The van der Waals surface area contributed by atoms with E-state index in [9.17, 15) is 0 Å². The Morgan fingerprint density at radius 2 is 2.00 bits per heavy atom. The minimum Gasteiger partial charge on any atom is -0.379 e. The van der Waals surface area contributed by atoms with Crippen LogP contribution in [-0.4, -0.2) is 37.4 Å². The number of anilines is 1. The minimum atomic E-state index is 0.478. The van der Waals surface area contributed by atoms with Gasteiger partial charge in [-0.05, 0) is 11.6 Å². The SMILES string of the molecule is c1ccc2c(c1)CC(N1CCOCC1)N2. The Hall–Kier alpha value is -1.06. The summed E-state index contributed by atoms with van der Waals surface area (Å²) < 4.78 is 5.37. The number of morpholine rings is 1. The zero-order valence-electron chi connectivity index (χ0n) is 8.78. The number of ether oxygens (including phenoxy) is 1. The highest BCUT2D eigenvalue weighted by Crippen LogP contribution is 2.26. The molecule has 1 atom stereocenters. The number of hydrogen-bond donors (Lipinski definition) is 1. The first-order chi connectivity index (χ1) is 7.43. The van der Waals surface area contributed by atoms with E-state index < -0.39 is 0 Å². The number of hydrogen-bond acceptors (Lipinski definition) is 3. The second-order valence-corrected chi connectivity index (χ2v) is 4.17. The van der Waals surface area contributed by atoms with E-state index in [1.165, 1.54) is 11.3 Å². The second-order valence-electron chi connectivity index (χ2n) is 4.17. The van der Waals surface area contributed by atoms with Crippen molar-refractivity contribution in [1.29, 1.82) is 0 Å². The summed E-state index contributed by atoms with van der Waals surface area (Å²) in [5.41, 5.74) is 2.74. The van der Waals surface area contributed by atoms with Gasteiger partial charge in [0.1, 0.15) is 0 Å². The van der Waals surface area contributed by atoms with Crippen molar-refractivity contribution in [2.24, 2.45) is 0 Å². The van der Waals surface area contributed by atoms with Crippen LogP contribution in [0.2, 0.25) is 0 Å².